The number of imidazole rings is 1. The van der Waals surface area contributed by atoms with Gasteiger partial charge in [0.1, 0.15) is 5.69 Å². The Bertz CT molecular complexity index is 771. The van der Waals surface area contributed by atoms with Crippen LogP contribution in [0.3, 0.4) is 0 Å². The van der Waals surface area contributed by atoms with Crippen LogP contribution < -0.4 is 16.8 Å². The van der Waals surface area contributed by atoms with Gasteiger partial charge in [0.05, 0.1) is 11.9 Å². The highest BCUT2D eigenvalue weighted by Gasteiger charge is 2.07. The molecular weight excluding hydrogens is 298 g/mol. The number of nitrogens with one attached hydrogen (secondary N) is 2. The summed E-state index contributed by atoms with van der Waals surface area (Å²) in [5.41, 5.74) is 13.4. The first-order valence-electron chi connectivity index (χ1n) is 6.59. The van der Waals surface area contributed by atoms with E-state index in [4.69, 9.17) is 11.5 Å². The summed E-state index contributed by atoms with van der Waals surface area (Å²) < 4.78 is 0. The SMILES string of the molecule is NC(N)=Nc1nc(-c2cnc(NCc3ccccc3)[nH]2)cs1. The summed E-state index contributed by atoms with van der Waals surface area (Å²) >= 11 is 1.37. The zero-order valence-electron chi connectivity index (χ0n) is 11.7. The van der Waals surface area contributed by atoms with Crippen LogP contribution in [0, 0.1) is 0 Å². The predicted octanol–water partition coefficient (Wildman–Crippen LogP) is 2.05. The van der Waals surface area contributed by atoms with Crippen LogP contribution in [-0.4, -0.2) is 20.9 Å². The van der Waals surface area contributed by atoms with Gasteiger partial charge in [0.15, 0.2) is 5.96 Å². The minimum atomic E-state index is -0.00396. The second-order valence-electron chi connectivity index (χ2n) is 4.54. The zero-order valence-corrected chi connectivity index (χ0v) is 12.5. The van der Waals surface area contributed by atoms with Gasteiger partial charge in [-0.2, -0.15) is 4.99 Å². The molecule has 0 saturated heterocycles. The Kier molecular flexibility index (Phi) is 4.01. The summed E-state index contributed by atoms with van der Waals surface area (Å²) in [6, 6.07) is 10.1. The lowest BCUT2D eigenvalue weighted by molar-refractivity contribution is 1.09. The van der Waals surface area contributed by atoms with Crippen molar-refractivity contribution in [3.63, 3.8) is 0 Å². The van der Waals surface area contributed by atoms with E-state index in [1.807, 2.05) is 23.6 Å². The molecule has 0 atom stereocenters. The first kappa shape index (κ1) is 14.1. The minimum absolute atomic E-state index is 0.00396. The van der Waals surface area contributed by atoms with Crippen LogP contribution in [0.2, 0.25) is 0 Å². The maximum Gasteiger partial charge on any atom is 0.212 e. The van der Waals surface area contributed by atoms with Gasteiger partial charge >= 0.3 is 0 Å². The number of benzene rings is 1. The zero-order chi connectivity index (χ0) is 15.4. The van der Waals surface area contributed by atoms with E-state index in [-0.39, 0.29) is 5.96 Å². The topological polar surface area (TPSA) is 118 Å². The first-order valence-corrected chi connectivity index (χ1v) is 7.47. The van der Waals surface area contributed by atoms with E-state index in [2.05, 4.69) is 37.4 Å². The average Bonchev–Trinajstić information content (AvgIpc) is 3.14. The minimum Gasteiger partial charge on any atom is -0.370 e. The molecule has 0 spiro atoms. The van der Waals surface area contributed by atoms with Crippen LogP contribution in [0.4, 0.5) is 11.1 Å². The number of hydrogen-bond donors (Lipinski definition) is 4. The van der Waals surface area contributed by atoms with Crippen molar-refractivity contribution >= 4 is 28.4 Å². The molecule has 1 aromatic carbocycles. The summed E-state index contributed by atoms with van der Waals surface area (Å²) in [5, 5.41) is 5.62. The molecular formula is C14H15N7S. The molecule has 3 aromatic rings. The van der Waals surface area contributed by atoms with Crippen LogP contribution in [0.5, 0.6) is 0 Å². The molecule has 0 bridgehead atoms. The molecule has 0 radical (unpaired) electrons. The van der Waals surface area contributed by atoms with E-state index < -0.39 is 0 Å². The van der Waals surface area contributed by atoms with Crippen molar-refractivity contribution in [2.45, 2.75) is 6.54 Å². The number of hydrogen-bond acceptors (Lipinski definition) is 5. The Morgan fingerprint density at radius 2 is 2.09 bits per heavy atom. The molecule has 0 aliphatic rings. The number of aliphatic imine (C=N–C) groups is 1. The van der Waals surface area contributed by atoms with Crippen molar-refractivity contribution in [1.82, 2.24) is 15.0 Å². The lowest BCUT2D eigenvalue weighted by atomic mass is 10.2. The van der Waals surface area contributed by atoms with Gasteiger partial charge in [-0.05, 0) is 5.56 Å². The number of anilines is 1. The van der Waals surface area contributed by atoms with Gasteiger partial charge in [-0.15, -0.1) is 11.3 Å². The summed E-state index contributed by atoms with van der Waals surface area (Å²) in [6.45, 7) is 0.699. The highest BCUT2D eigenvalue weighted by atomic mass is 32.1. The lowest BCUT2D eigenvalue weighted by Gasteiger charge is -2.02. The molecule has 8 heteroatoms. The van der Waals surface area contributed by atoms with Crippen LogP contribution in [0.25, 0.3) is 11.4 Å². The smallest absolute Gasteiger partial charge is 0.212 e. The average molecular weight is 313 g/mol. The number of nitrogens with two attached hydrogens (primary N) is 2. The Morgan fingerprint density at radius 1 is 1.27 bits per heavy atom. The van der Waals surface area contributed by atoms with Crippen LogP contribution in [0.15, 0.2) is 46.9 Å². The van der Waals surface area contributed by atoms with E-state index in [1.54, 1.807) is 6.20 Å². The molecule has 2 heterocycles. The van der Waals surface area contributed by atoms with Gasteiger partial charge in [0, 0.05) is 11.9 Å². The molecule has 0 unspecified atom stereocenters. The third kappa shape index (κ3) is 3.41. The number of thiazole rings is 1. The number of nitrogens with zero attached hydrogens (tertiary/aromatic N) is 3. The van der Waals surface area contributed by atoms with E-state index in [9.17, 15) is 0 Å². The summed E-state index contributed by atoms with van der Waals surface area (Å²) in [5.74, 6) is 0.686. The van der Waals surface area contributed by atoms with E-state index in [0.29, 0.717) is 17.6 Å². The highest BCUT2D eigenvalue weighted by Crippen LogP contribution is 2.26. The largest absolute Gasteiger partial charge is 0.370 e. The predicted molar refractivity (Wildman–Crippen MR) is 88.9 cm³/mol. The monoisotopic (exact) mass is 313 g/mol. The molecule has 0 saturated carbocycles. The van der Waals surface area contributed by atoms with Crippen molar-refractivity contribution in [3.05, 3.63) is 47.5 Å². The number of aromatic amines is 1. The summed E-state index contributed by atoms with van der Waals surface area (Å²) in [7, 11) is 0. The number of guanidine groups is 1. The molecule has 2 aromatic heterocycles. The standard InChI is InChI=1S/C14H15N7S/c15-12(16)21-14-20-11(8-22-14)10-7-18-13(19-10)17-6-9-4-2-1-3-5-9/h1-5,7-8H,6H2,(H2,17,18,19)(H4,15,16,20,21). The van der Waals surface area contributed by atoms with Gasteiger partial charge in [0.25, 0.3) is 0 Å². The molecule has 0 fully saturated rings. The van der Waals surface area contributed by atoms with Crippen molar-refractivity contribution < 1.29 is 0 Å². The van der Waals surface area contributed by atoms with Crippen molar-refractivity contribution in [3.8, 4) is 11.4 Å². The van der Waals surface area contributed by atoms with Crippen molar-refractivity contribution in [2.24, 2.45) is 16.5 Å². The fraction of sp³-hybridized carbons (Fsp3) is 0.0714. The first-order chi connectivity index (χ1) is 10.7. The highest BCUT2D eigenvalue weighted by molar-refractivity contribution is 7.13. The van der Waals surface area contributed by atoms with Crippen LogP contribution >= 0.6 is 11.3 Å². The van der Waals surface area contributed by atoms with Crippen molar-refractivity contribution in [2.75, 3.05) is 5.32 Å². The number of rotatable bonds is 5. The molecule has 0 amide bonds. The molecule has 112 valence electrons. The van der Waals surface area contributed by atoms with E-state index in [1.165, 1.54) is 16.9 Å². The summed E-state index contributed by atoms with van der Waals surface area (Å²) in [6.07, 6.45) is 1.72. The van der Waals surface area contributed by atoms with E-state index >= 15 is 0 Å². The Labute approximate surface area is 131 Å². The molecule has 6 N–H and O–H groups in total. The maximum absolute atomic E-state index is 5.34. The fourth-order valence-electron chi connectivity index (χ4n) is 1.87. The van der Waals surface area contributed by atoms with Gasteiger partial charge < -0.3 is 21.8 Å². The second-order valence-corrected chi connectivity index (χ2v) is 5.37. The van der Waals surface area contributed by atoms with Gasteiger partial charge in [-0.3, -0.25) is 0 Å². The summed E-state index contributed by atoms with van der Waals surface area (Å²) in [4.78, 5) is 15.7. The molecule has 0 aliphatic carbocycles. The third-order valence-electron chi connectivity index (χ3n) is 2.87. The molecule has 22 heavy (non-hydrogen) atoms. The molecule has 3 rings (SSSR count). The van der Waals surface area contributed by atoms with Gasteiger partial charge in [-0.1, -0.05) is 30.3 Å². The normalized spacial score (nSPS) is 10.4. The third-order valence-corrected chi connectivity index (χ3v) is 3.61. The fourth-order valence-corrected chi connectivity index (χ4v) is 2.58. The van der Waals surface area contributed by atoms with Gasteiger partial charge in [0.2, 0.25) is 11.1 Å². The Hall–Kier alpha value is -2.87. The van der Waals surface area contributed by atoms with Gasteiger partial charge in [-0.25, -0.2) is 9.97 Å². The van der Waals surface area contributed by atoms with Crippen molar-refractivity contribution in [1.29, 1.82) is 0 Å². The number of H-pyrrole nitrogens is 1. The second kappa shape index (κ2) is 6.27. The molecule has 0 aliphatic heterocycles. The molecule has 7 nitrogen and oxygen atoms in total. The maximum atomic E-state index is 5.34. The van der Waals surface area contributed by atoms with E-state index in [0.717, 1.165) is 11.4 Å². The Balaban J connectivity index is 1.68. The number of aromatic nitrogens is 3. The quantitative estimate of drug-likeness (QED) is 0.425. The van der Waals surface area contributed by atoms with Crippen LogP contribution in [0.1, 0.15) is 5.56 Å². The Morgan fingerprint density at radius 3 is 2.86 bits per heavy atom. The van der Waals surface area contributed by atoms with Crippen LogP contribution in [-0.2, 0) is 6.54 Å². The lowest BCUT2D eigenvalue weighted by Crippen LogP contribution is -2.21.